The van der Waals surface area contributed by atoms with Crippen LogP contribution in [0.5, 0.6) is 11.5 Å². The zero-order chi connectivity index (χ0) is 26.0. The maximum Gasteiger partial charge on any atom is 0.234 e. The molecule has 37 heavy (non-hydrogen) atoms. The molecule has 0 radical (unpaired) electrons. The predicted molar refractivity (Wildman–Crippen MR) is 136 cm³/mol. The Bertz CT molecular complexity index is 1460. The number of aromatic hydroxyl groups is 1. The number of para-hydroxylation sites is 1. The van der Waals surface area contributed by atoms with Crippen molar-refractivity contribution < 1.29 is 29.0 Å². The number of rotatable bonds is 4. The van der Waals surface area contributed by atoms with E-state index in [0.717, 1.165) is 10.5 Å². The lowest BCUT2D eigenvalue weighted by Gasteiger charge is -2.42. The summed E-state index contributed by atoms with van der Waals surface area (Å²) in [4.78, 5) is 56.0. The topological polar surface area (TPSA) is 101 Å². The van der Waals surface area contributed by atoms with Gasteiger partial charge in [0.25, 0.3) is 0 Å². The third-order valence-electron chi connectivity index (χ3n) is 8.11. The van der Waals surface area contributed by atoms with Crippen molar-refractivity contribution in [3.8, 4) is 11.5 Å². The molecule has 3 aliphatic carbocycles. The highest BCUT2D eigenvalue weighted by Crippen LogP contribution is 2.56. The summed E-state index contributed by atoms with van der Waals surface area (Å²) in [5.41, 5.74) is 2.31. The number of imide groups is 1. The molecule has 188 valence electrons. The van der Waals surface area contributed by atoms with E-state index in [1.54, 1.807) is 25.1 Å². The van der Waals surface area contributed by atoms with Crippen molar-refractivity contribution in [2.45, 2.75) is 32.2 Å². The van der Waals surface area contributed by atoms with Crippen LogP contribution in [0.25, 0.3) is 0 Å². The van der Waals surface area contributed by atoms with E-state index in [0.29, 0.717) is 28.7 Å². The second kappa shape index (κ2) is 8.66. The van der Waals surface area contributed by atoms with Gasteiger partial charge in [0.05, 0.1) is 25.5 Å². The molecule has 4 atom stereocenters. The van der Waals surface area contributed by atoms with Crippen molar-refractivity contribution in [3.05, 3.63) is 80.6 Å². The van der Waals surface area contributed by atoms with E-state index in [4.69, 9.17) is 4.74 Å². The Hall–Kier alpha value is -3.78. The second-order valence-corrected chi connectivity index (χ2v) is 11.0. The predicted octanol–water partition coefficient (Wildman–Crippen LogP) is 4.09. The van der Waals surface area contributed by atoms with Crippen molar-refractivity contribution in [2.75, 3.05) is 7.11 Å². The van der Waals surface area contributed by atoms with Gasteiger partial charge >= 0.3 is 0 Å². The van der Waals surface area contributed by atoms with Gasteiger partial charge in [-0.2, -0.15) is 0 Å². The number of carbonyl (C=O) groups is 4. The van der Waals surface area contributed by atoms with Crippen LogP contribution in [-0.4, -0.2) is 40.5 Å². The Morgan fingerprint density at radius 1 is 1.08 bits per heavy atom. The normalized spacial score (nSPS) is 27.0. The van der Waals surface area contributed by atoms with Crippen molar-refractivity contribution in [1.82, 2.24) is 4.90 Å². The fraction of sp³-hybridized carbons (Fsp3) is 0.310. The quantitative estimate of drug-likeness (QED) is 0.374. The summed E-state index contributed by atoms with van der Waals surface area (Å²) in [5.74, 6) is -3.04. The summed E-state index contributed by atoms with van der Waals surface area (Å²) in [6.07, 6.45) is 3.88. The first kappa shape index (κ1) is 23.6. The van der Waals surface area contributed by atoms with Crippen LogP contribution in [0.1, 0.15) is 36.1 Å². The molecule has 0 saturated carbocycles. The number of nitrogens with zero attached hydrogens (tertiary/aromatic N) is 1. The number of phenols is 1. The molecule has 2 heterocycles. The first-order chi connectivity index (χ1) is 17.8. The molecular weight excluding hydrogens is 490 g/mol. The Labute approximate surface area is 217 Å². The molecule has 8 heteroatoms. The average molecular weight is 516 g/mol. The maximum atomic E-state index is 13.7. The zero-order valence-corrected chi connectivity index (χ0v) is 21.2. The van der Waals surface area contributed by atoms with E-state index in [1.807, 2.05) is 23.6 Å². The fourth-order valence-corrected chi connectivity index (χ4v) is 7.13. The average Bonchev–Trinajstić information content (AvgIpc) is 3.49. The van der Waals surface area contributed by atoms with Gasteiger partial charge in [-0.25, -0.2) is 0 Å². The maximum absolute atomic E-state index is 13.7. The van der Waals surface area contributed by atoms with Crippen molar-refractivity contribution in [3.63, 3.8) is 0 Å². The van der Waals surface area contributed by atoms with E-state index in [-0.39, 0.29) is 47.8 Å². The van der Waals surface area contributed by atoms with Crippen LogP contribution in [0, 0.1) is 17.8 Å². The summed E-state index contributed by atoms with van der Waals surface area (Å²) >= 11 is 1.49. The van der Waals surface area contributed by atoms with Gasteiger partial charge < -0.3 is 9.84 Å². The van der Waals surface area contributed by atoms with Crippen LogP contribution >= 0.6 is 11.3 Å². The van der Waals surface area contributed by atoms with E-state index in [9.17, 15) is 24.3 Å². The SMILES string of the molecule is COc1cccc(C2C3=CCC4C(=O)N(Cc5cccs5)C(=O)C4C3CC3=C2C(=O)C(C)=CC3=O)c1O. The number of hydrogen-bond acceptors (Lipinski definition) is 7. The largest absolute Gasteiger partial charge is 0.504 e. The minimum atomic E-state index is -0.709. The molecule has 1 aliphatic heterocycles. The number of Topliss-reactive ketones (excluding diaryl/α,β-unsaturated/α-hetero) is 1. The zero-order valence-electron chi connectivity index (χ0n) is 20.4. The summed E-state index contributed by atoms with van der Waals surface area (Å²) in [5, 5.41) is 13.0. The van der Waals surface area contributed by atoms with Crippen LogP contribution in [-0.2, 0) is 25.7 Å². The fourth-order valence-electron chi connectivity index (χ4n) is 6.43. The number of ether oxygens (including phenoxy) is 1. The second-order valence-electron chi connectivity index (χ2n) is 9.97. The molecule has 1 saturated heterocycles. The van der Waals surface area contributed by atoms with Crippen LogP contribution in [0.4, 0.5) is 0 Å². The molecule has 1 N–H and O–H groups in total. The molecule has 1 aromatic heterocycles. The van der Waals surface area contributed by atoms with Gasteiger partial charge in [0.15, 0.2) is 23.1 Å². The monoisotopic (exact) mass is 515 g/mol. The highest BCUT2D eigenvalue weighted by atomic mass is 32.1. The molecule has 1 fully saturated rings. The molecule has 6 rings (SSSR count). The minimum absolute atomic E-state index is 0.105. The first-order valence-electron chi connectivity index (χ1n) is 12.3. The van der Waals surface area contributed by atoms with Crippen LogP contribution in [0.2, 0.25) is 0 Å². The van der Waals surface area contributed by atoms with E-state index < -0.39 is 23.7 Å². The molecular formula is C29H25NO6S. The molecule has 0 bridgehead atoms. The van der Waals surface area contributed by atoms with E-state index in [2.05, 4.69) is 0 Å². The lowest BCUT2D eigenvalue weighted by atomic mass is 9.59. The summed E-state index contributed by atoms with van der Waals surface area (Å²) in [6.45, 7) is 1.85. The number of methoxy groups -OCH3 is 1. The Balaban J connectivity index is 1.48. The molecule has 2 aromatic rings. The van der Waals surface area contributed by atoms with Crippen molar-refractivity contribution in [1.29, 1.82) is 0 Å². The Morgan fingerprint density at radius 2 is 1.89 bits per heavy atom. The number of hydrogen-bond donors (Lipinski definition) is 1. The minimum Gasteiger partial charge on any atom is -0.504 e. The smallest absolute Gasteiger partial charge is 0.234 e. The number of likely N-dealkylation sites (tertiary alicyclic amines) is 1. The van der Waals surface area contributed by atoms with Crippen LogP contribution in [0.15, 0.2) is 70.2 Å². The molecule has 0 spiro atoms. The number of phenolic OH excluding ortho intramolecular Hbond substituents is 1. The van der Waals surface area contributed by atoms with Gasteiger partial charge in [-0.05, 0) is 49.3 Å². The number of ketones is 2. The highest BCUT2D eigenvalue weighted by Gasteiger charge is 2.56. The van der Waals surface area contributed by atoms with E-state index in [1.165, 1.54) is 29.4 Å². The van der Waals surface area contributed by atoms with Crippen molar-refractivity contribution >= 4 is 34.7 Å². The van der Waals surface area contributed by atoms with Gasteiger partial charge in [0, 0.05) is 33.1 Å². The number of thiophene rings is 1. The standard InChI is InChI=1S/C29H25NO6S/c1-14-11-21(31)20-12-19-16(23(25(20)26(14)32)17-6-3-7-22(36-2)27(17)33)8-9-18-24(19)29(35)30(28(18)34)13-15-5-4-10-37-15/h3-8,10-11,18-19,23-24,33H,9,12-13H2,1-2H3. The van der Waals surface area contributed by atoms with Gasteiger partial charge in [-0.1, -0.05) is 29.8 Å². The lowest BCUT2D eigenvalue weighted by molar-refractivity contribution is -0.140. The van der Waals surface area contributed by atoms with E-state index >= 15 is 0 Å². The number of fused-ring (bicyclic) bond motifs is 3. The first-order valence-corrected chi connectivity index (χ1v) is 13.1. The number of benzene rings is 1. The van der Waals surface area contributed by atoms with Gasteiger partial charge in [-0.3, -0.25) is 24.1 Å². The van der Waals surface area contributed by atoms with Crippen molar-refractivity contribution in [2.24, 2.45) is 17.8 Å². The summed E-state index contributed by atoms with van der Waals surface area (Å²) < 4.78 is 5.33. The van der Waals surface area contributed by atoms with Gasteiger partial charge in [0.2, 0.25) is 11.8 Å². The van der Waals surface area contributed by atoms with Gasteiger partial charge in [0.1, 0.15) is 0 Å². The Morgan fingerprint density at radius 3 is 2.62 bits per heavy atom. The molecule has 4 unspecified atom stereocenters. The number of allylic oxidation sites excluding steroid dienone is 6. The summed E-state index contributed by atoms with van der Waals surface area (Å²) in [7, 11) is 1.45. The summed E-state index contributed by atoms with van der Waals surface area (Å²) in [6, 6.07) is 8.87. The third kappa shape index (κ3) is 3.46. The molecule has 1 aromatic carbocycles. The van der Waals surface area contributed by atoms with Crippen LogP contribution in [0.3, 0.4) is 0 Å². The Kier molecular flexibility index (Phi) is 5.53. The van der Waals surface area contributed by atoms with Gasteiger partial charge in [-0.15, -0.1) is 11.3 Å². The highest BCUT2D eigenvalue weighted by molar-refractivity contribution is 7.09. The number of carbonyl (C=O) groups excluding carboxylic acids is 4. The molecule has 4 aliphatic rings. The molecule has 2 amide bonds. The lowest BCUT2D eigenvalue weighted by Crippen LogP contribution is -2.39. The number of amides is 2. The molecule has 7 nitrogen and oxygen atoms in total. The third-order valence-corrected chi connectivity index (χ3v) is 8.97. The van der Waals surface area contributed by atoms with Crippen LogP contribution < -0.4 is 4.74 Å².